The fourth-order valence-electron chi connectivity index (χ4n) is 5.85. The van der Waals surface area contributed by atoms with Crippen molar-refractivity contribution in [1.82, 2.24) is 19.1 Å². The van der Waals surface area contributed by atoms with Crippen LogP contribution in [0, 0.1) is 0 Å². The molecule has 3 aliphatic rings. The molecule has 35 heteroatoms. The molecule has 0 aromatic carbocycles. The van der Waals surface area contributed by atoms with Crippen molar-refractivity contribution in [2.45, 2.75) is 68.8 Å². The fourth-order valence-corrected chi connectivity index (χ4v) is 11.3. The van der Waals surface area contributed by atoms with Crippen LogP contribution < -0.4 is 17.0 Å². The summed E-state index contributed by atoms with van der Waals surface area (Å²) >= 11 is 0. The monoisotopic (exact) mass is 948 g/mol. The third kappa shape index (κ3) is 11.7. The number of aromatic nitrogens is 4. The number of ether oxygens (including phenoxy) is 3. The van der Waals surface area contributed by atoms with E-state index in [1.54, 1.807) is 0 Å². The first-order chi connectivity index (χ1) is 27.3. The summed E-state index contributed by atoms with van der Waals surface area (Å²) in [6.07, 6.45) is -9.06. The second-order valence-electron chi connectivity index (χ2n) is 12.3. The first-order valence-electron chi connectivity index (χ1n) is 16.3. The van der Waals surface area contributed by atoms with Gasteiger partial charge in [-0.1, -0.05) is 6.92 Å². The molecular formula is C24H37N6O24P5. The number of methoxy groups -OCH3 is 1. The molecule has 5 heterocycles. The molecule has 2 aromatic heterocycles. The van der Waals surface area contributed by atoms with E-state index >= 15 is 0 Å². The summed E-state index contributed by atoms with van der Waals surface area (Å²) in [6, 6.07) is 0.921. The molecule has 2 saturated heterocycles. The highest BCUT2D eigenvalue weighted by atomic mass is 31.3. The molecule has 59 heavy (non-hydrogen) atoms. The minimum atomic E-state index is -6.24. The quantitative estimate of drug-likeness (QED) is 0.0811. The number of allylic oxidation sites excluding steroid dienone is 1. The predicted molar refractivity (Wildman–Crippen MR) is 190 cm³/mol. The number of H-pyrrole nitrogens is 1. The highest BCUT2D eigenvalue weighted by molar-refractivity contribution is 7.69. The van der Waals surface area contributed by atoms with Gasteiger partial charge < -0.3 is 59.5 Å². The average molecular weight is 948 g/mol. The molecule has 12 atom stereocenters. The lowest BCUT2D eigenvalue weighted by atomic mass is 10.1. The van der Waals surface area contributed by atoms with Gasteiger partial charge in [0.1, 0.15) is 42.3 Å². The van der Waals surface area contributed by atoms with E-state index in [1.165, 1.54) is 17.1 Å². The van der Waals surface area contributed by atoms with Crippen LogP contribution in [0.1, 0.15) is 37.9 Å². The Kier molecular flexibility index (Phi) is 14.6. The molecule has 3 aliphatic heterocycles. The number of aliphatic hydroxyl groups excluding tert-OH is 2. The van der Waals surface area contributed by atoms with Gasteiger partial charge in [-0.05, 0) is 12.0 Å². The van der Waals surface area contributed by atoms with Crippen LogP contribution in [-0.2, 0) is 63.5 Å². The van der Waals surface area contributed by atoms with E-state index in [2.05, 4.69) is 22.9 Å². The molecule has 0 radical (unpaired) electrons. The maximum absolute atomic E-state index is 13.4. The number of imidazole rings is 1. The average Bonchev–Trinajstić information content (AvgIpc) is 3.71. The third-order valence-electron chi connectivity index (χ3n) is 8.36. The van der Waals surface area contributed by atoms with Crippen molar-refractivity contribution in [2.75, 3.05) is 20.3 Å². The molecule has 11 N–H and O–H groups in total. The summed E-state index contributed by atoms with van der Waals surface area (Å²) in [4.78, 5) is 91.9. The normalized spacial score (nSPS) is 30.3. The molecule has 0 saturated carbocycles. The summed E-state index contributed by atoms with van der Waals surface area (Å²) in [7, 11) is -28.5. The summed E-state index contributed by atoms with van der Waals surface area (Å²) in [6.45, 7) is -0.436. The van der Waals surface area contributed by atoms with E-state index < -0.39 is 113 Å². The fraction of sp³-hybridized carbons (Fsp3) is 0.583. The lowest BCUT2D eigenvalue weighted by Crippen LogP contribution is -2.38. The first kappa shape index (κ1) is 47.6. The third-order valence-corrected chi connectivity index (χ3v) is 14.8. The Labute approximate surface area is 329 Å². The van der Waals surface area contributed by atoms with Gasteiger partial charge in [0.25, 0.3) is 5.56 Å². The Hall–Kier alpha value is -2.43. The van der Waals surface area contributed by atoms with Gasteiger partial charge in [-0.2, -0.15) is 12.9 Å². The van der Waals surface area contributed by atoms with Crippen molar-refractivity contribution in [3.05, 3.63) is 50.7 Å². The molecule has 30 nitrogen and oxygen atoms in total. The molecule has 2 fully saturated rings. The van der Waals surface area contributed by atoms with Crippen LogP contribution in [0.4, 0.5) is 5.82 Å². The van der Waals surface area contributed by atoms with Crippen molar-refractivity contribution in [3.63, 3.8) is 0 Å². The van der Waals surface area contributed by atoms with Crippen molar-refractivity contribution >= 4 is 56.8 Å². The predicted octanol–water partition coefficient (Wildman–Crippen LogP) is -0.887. The summed E-state index contributed by atoms with van der Waals surface area (Å²) in [5.74, 6) is 0.0873. The maximum Gasteiger partial charge on any atom is 0.490 e. The second-order valence-corrected chi connectivity index (χ2v) is 19.7. The number of fused-ring (bicyclic) bond motifs is 1. The number of phosphoric ester groups is 2. The van der Waals surface area contributed by atoms with Gasteiger partial charge >= 0.3 is 44.8 Å². The Morgan fingerprint density at radius 3 is 2.08 bits per heavy atom. The summed E-state index contributed by atoms with van der Waals surface area (Å²) in [5.41, 5.74) is 5.76. The van der Waals surface area contributed by atoms with Gasteiger partial charge in [0.2, 0.25) is 0 Å². The van der Waals surface area contributed by atoms with Crippen LogP contribution in [0.15, 0.2) is 38.7 Å². The van der Waals surface area contributed by atoms with E-state index in [9.17, 15) is 62.2 Å². The number of aliphatic imine (C=N–C) groups is 1. The minimum absolute atomic E-state index is 0.0873. The van der Waals surface area contributed by atoms with E-state index in [4.69, 9.17) is 43.3 Å². The number of rotatable bonds is 18. The molecule has 0 aliphatic carbocycles. The Morgan fingerprint density at radius 1 is 0.847 bits per heavy atom. The largest absolute Gasteiger partial charge is 0.490 e. The number of hydrogen-bond acceptors (Lipinski definition) is 21. The number of hydrogen-bond donors (Lipinski definition) is 10. The van der Waals surface area contributed by atoms with Crippen LogP contribution >= 0.6 is 39.1 Å². The number of nitrogens with zero attached hydrogens (tertiary/aromatic N) is 4. The Bertz CT molecular complexity index is 2310. The number of aliphatic hydroxyl groups is 2. The minimum Gasteiger partial charge on any atom is -0.397 e. The number of aromatic amines is 1. The lowest BCUT2D eigenvalue weighted by molar-refractivity contribution is -0.0610. The summed E-state index contributed by atoms with van der Waals surface area (Å²) < 4.78 is 106. The van der Waals surface area contributed by atoms with Crippen LogP contribution in [-0.4, -0.2) is 122 Å². The van der Waals surface area contributed by atoms with Crippen molar-refractivity contribution in [2.24, 2.45) is 10.7 Å². The molecule has 5 rings (SSSR count). The highest BCUT2D eigenvalue weighted by Gasteiger charge is 2.53. The van der Waals surface area contributed by atoms with Gasteiger partial charge in [0, 0.05) is 32.0 Å². The number of nitrogens with one attached hydrogen (secondary N) is 1. The zero-order valence-electron chi connectivity index (χ0n) is 30.0. The highest BCUT2D eigenvalue weighted by Crippen LogP contribution is 2.70. The van der Waals surface area contributed by atoms with Crippen LogP contribution in [0.3, 0.4) is 0 Å². The molecular weight excluding hydrogens is 911 g/mol. The van der Waals surface area contributed by atoms with Crippen LogP contribution in [0.2, 0.25) is 0 Å². The van der Waals surface area contributed by atoms with Crippen molar-refractivity contribution in [3.8, 4) is 0 Å². The van der Waals surface area contributed by atoms with E-state index in [0.29, 0.717) is 12.8 Å². The van der Waals surface area contributed by atoms with Crippen molar-refractivity contribution < 1.29 is 103 Å². The Morgan fingerprint density at radius 2 is 1.46 bits per heavy atom. The smallest absolute Gasteiger partial charge is 0.397 e. The molecule has 0 spiro atoms. The lowest BCUT2D eigenvalue weighted by Gasteiger charge is -2.26. The van der Waals surface area contributed by atoms with Gasteiger partial charge in [0.15, 0.2) is 18.3 Å². The molecule has 0 amide bonds. The van der Waals surface area contributed by atoms with Gasteiger partial charge in [-0.15, -0.1) is 0 Å². The zero-order chi connectivity index (χ0) is 43.9. The Balaban J connectivity index is 1.38. The van der Waals surface area contributed by atoms with Crippen molar-refractivity contribution in [1.29, 1.82) is 0 Å². The number of phosphoric acid groups is 5. The molecule has 0 bridgehead atoms. The van der Waals surface area contributed by atoms with E-state index in [0.717, 1.165) is 29.5 Å². The van der Waals surface area contributed by atoms with Gasteiger partial charge in [-0.3, -0.25) is 32.5 Å². The van der Waals surface area contributed by atoms with Crippen LogP contribution in [0.5, 0.6) is 0 Å². The van der Waals surface area contributed by atoms with Gasteiger partial charge in [0.05, 0.1) is 25.2 Å². The molecule has 332 valence electrons. The molecule has 2 aromatic rings. The summed E-state index contributed by atoms with van der Waals surface area (Å²) in [5, 5.41) is 21.1. The van der Waals surface area contributed by atoms with Crippen LogP contribution in [0.25, 0.3) is 5.70 Å². The topological polar surface area (TPSA) is 441 Å². The van der Waals surface area contributed by atoms with Gasteiger partial charge in [-0.25, -0.2) is 37.6 Å². The standard InChI is InChI=1S/C24H37N6O24P5/c1-3-11-4-6-26-21-16(15(11)25)27-10-30(21)23-20(46-2)19(13(50-23)9-48-57(40,41)53-59(44,45)54-58(42,43)52-55(35,36)37)51-56(38,39)47-8-12-17(32)18(33)22(49-12)29-7-5-14(31)28-24(29)34/h5-7,10,12-13,17-20,22-23,32-33H,3-4,8-9,25H2,1-2H3,(H,38,39)(H,40,41)(H,42,43)(H,44,45)(H,28,31,34)(H2,35,36,37)/t12-,13?,17-,18-,19-,20-,22-,23-/m1/s1. The first-order valence-corrected chi connectivity index (χ1v) is 23.8. The van der Waals surface area contributed by atoms with E-state index in [1.807, 2.05) is 11.9 Å². The number of nitrogens with two attached hydrogens (primary N) is 1. The zero-order valence-corrected chi connectivity index (χ0v) is 34.4. The molecule has 5 unspecified atom stereocenters. The SMILES string of the molecule is CCC1=C(N)c2ncn([C@@H]3OC(COP(=O)(O)OP(=O)(O)OP(=O)(O)OP(=O)(O)O)[C@@H](OP(=O)(O)OC[C@H]4O[C@@H](n5ccc(=O)[nH]c5=O)[C@H](O)[C@@H]4O)[C@H]3OC)c2N=CC1. The second kappa shape index (κ2) is 18.1. The van der Waals surface area contributed by atoms with E-state index in [-0.39, 0.29) is 17.2 Å². The maximum atomic E-state index is 13.4.